The molecule has 0 bridgehead atoms. The molecule has 0 N–H and O–H groups in total. The van der Waals surface area contributed by atoms with Crippen molar-refractivity contribution in [3.63, 3.8) is 0 Å². The predicted molar refractivity (Wildman–Crippen MR) is 249 cm³/mol. The Bertz CT molecular complexity index is 2890. The summed E-state index contributed by atoms with van der Waals surface area (Å²) in [6, 6.07) is 56.3. The second-order valence-electron chi connectivity index (χ2n) is 15.1. The van der Waals surface area contributed by atoms with Crippen LogP contribution in [0.3, 0.4) is 0 Å². The Labute approximate surface area is 355 Å². The van der Waals surface area contributed by atoms with E-state index in [0.717, 1.165) is 34.2 Å². The molecule has 288 valence electrons. The molecule has 0 fully saturated rings. The second-order valence-corrected chi connectivity index (χ2v) is 38.1. The quantitative estimate of drug-likeness (QED) is 0.130. The summed E-state index contributed by atoms with van der Waals surface area (Å²) < 4.78 is 11.7. The van der Waals surface area contributed by atoms with E-state index in [4.69, 9.17) is 25.9 Å². The molecule has 2 nitrogen and oxygen atoms in total. The molecule has 0 radical (unpaired) electrons. The summed E-state index contributed by atoms with van der Waals surface area (Å²) in [5.74, 6) is 3.74. The number of rotatable bonds is 4. The van der Waals surface area contributed by atoms with Crippen molar-refractivity contribution in [1.82, 2.24) is 0 Å². The summed E-state index contributed by atoms with van der Waals surface area (Å²) in [6.07, 6.45) is 0. The van der Waals surface area contributed by atoms with Gasteiger partial charge in [-0.3, -0.25) is 0 Å². The SMILES string of the molecule is C[Si](C)=[Zr]([Cl])[Cl].Cc1ccc(-c2cc3c(-c4cccc5ccccc45)c(C)ccc3[cH-]2)o1.Cc1ccc(-c2cc3c(-c4cccc5ccccc45)c(C)ccc3[cH-]2)o1. The molecule has 2 heterocycles. The smallest absolute Gasteiger partial charge is 0.0896 e. The largest absolute Gasteiger partial charge is 0.496 e. The van der Waals surface area contributed by atoms with Gasteiger partial charge >= 0.3 is 53.5 Å². The van der Waals surface area contributed by atoms with Gasteiger partial charge in [0.05, 0.1) is 23.0 Å². The molecular weight excluding hydrogens is 847 g/mol. The van der Waals surface area contributed by atoms with Crippen molar-refractivity contribution in [2.75, 3.05) is 0 Å². The van der Waals surface area contributed by atoms with Crippen molar-refractivity contribution in [1.29, 1.82) is 0 Å². The normalized spacial score (nSPS) is 11.1. The average molecular weight is 891 g/mol. The predicted octanol–water partition coefficient (Wildman–Crippen LogP) is 16.7. The number of benzene rings is 6. The van der Waals surface area contributed by atoms with E-state index in [9.17, 15) is 0 Å². The molecule has 0 saturated heterocycles. The van der Waals surface area contributed by atoms with E-state index < -0.39 is 18.0 Å². The summed E-state index contributed by atoms with van der Waals surface area (Å²) in [5.41, 5.74) is 9.85. The maximum absolute atomic E-state index is 5.85. The summed E-state index contributed by atoms with van der Waals surface area (Å²) in [6.45, 7) is 12.7. The van der Waals surface area contributed by atoms with Crippen LogP contribution in [-0.4, -0.2) is 5.43 Å². The molecule has 0 aliphatic heterocycles. The van der Waals surface area contributed by atoms with E-state index in [0.29, 0.717) is 0 Å². The molecule has 0 saturated carbocycles. The average Bonchev–Trinajstić information content (AvgIpc) is 4.05. The van der Waals surface area contributed by atoms with Gasteiger partial charge in [0, 0.05) is 0 Å². The van der Waals surface area contributed by atoms with Crippen LogP contribution in [0.2, 0.25) is 13.1 Å². The zero-order valence-corrected chi connectivity index (χ0v) is 38.6. The minimum absolute atomic E-state index is 0.224. The van der Waals surface area contributed by atoms with Crippen molar-refractivity contribution >= 4 is 65.5 Å². The molecular formula is C52H44Cl2O2SiZr-2. The van der Waals surface area contributed by atoms with Crippen molar-refractivity contribution in [2.24, 2.45) is 0 Å². The minimum atomic E-state index is -1.65. The van der Waals surface area contributed by atoms with Gasteiger partial charge in [-0.1, -0.05) is 119 Å². The molecule has 58 heavy (non-hydrogen) atoms. The molecule has 8 aromatic carbocycles. The third-order valence-electron chi connectivity index (χ3n) is 10.7. The Morgan fingerprint density at radius 3 is 1.24 bits per heavy atom. The number of fused-ring (bicyclic) bond motifs is 4. The van der Waals surface area contributed by atoms with Crippen LogP contribution in [0.4, 0.5) is 0 Å². The zero-order chi connectivity index (χ0) is 40.5. The molecule has 10 rings (SSSR count). The fourth-order valence-corrected chi connectivity index (χ4v) is 7.85. The molecule has 10 aromatic rings. The van der Waals surface area contributed by atoms with Crippen molar-refractivity contribution in [2.45, 2.75) is 40.8 Å². The van der Waals surface area contributed by atoms with Crippen LogP contribution in [0.1, 0.15) is 22.6 Å². The Hall–Kier alpha value is -4.70. The Balaban J connectivity index is 0.000000142. The molecule has 6 heteroatoms. The summed E-state index contributed by atoms with van der Waals surface area (Å²) >= 11 is -1.65. The standard InChI is InChI=1S/2C25H19O.C2H6Si.2ClH.Zr/c2*1-16-10-12-19-14-20(24-13-11-17(2)26-24)15-23(19)25(16)22-9-5-7-18-6-3-4-8-21(18)22;1-3-2;;;/h2*3-15H,1-2H3;1-2H3;2*1H;/q2*-1;;;;+2/p-2. The van der Waals surface area contributed by atoms with Gasteiger partial charge in [0.1, 0.15) is 0 Å². The fourth-order valence-electron chi connectivity index (χ4n) is 7.85. The zero-order valence-electron chi connectivity index (χ0n) is 33.6. The fraction of sp³-hybridized carbons (Fsp3) is 0.115. The van der Waals surface area contributed by atoms with Crippen LogP contribution in [0.25, 0.3) is 88.0 Å². The third kappa shape index (κ3) is 8.27. The molecule has 0 spiro atoms. The Morgan fingerprint density at radius 2 is 0.862 bits per heavy atom. The molecule has 0 aliphatic carbocycles. The summed E-state index contributed by atoms with van der Waals surface area (Å²) in [7, 11) is 11.2. The number of halogens is 2. The molecule has 2 aromatic heterocycles. The van der Waals surface area contributed by atoms with Gasteiger partial charge < -0.3 is 8.83 Å². The molecule has 0 aliphatic rings. The van der Waals surface area contributed by atoms with E-state index >= 15 is 0 Å². The first-order valence-corrected chi connectivity index (χ1v) is 32.1. The first-order chi connectivity index (χ1) is 28.0. The van der Waals surface area contributed by atoms with Crippen LogP contribution < -0.4 is 0 Å². The summed E-state index contributed by atoms with van der Waals surface area (Å²) in [5, 5.41) is 10.2. The number of hydrogen-bond acceptors (Lipinski definition) is 2. The van der Waals surface area contributed by atoms with Gasteiger partial charge in [0.2, 0.25) is 0 Å². The van der Waals surface area contributed by atoms with Crippen molar-refractivity contribution in [3.8, 4) is 44.9 Å². The first-order valence-electron chi connectivity index (χ1n) is 19.5. The van der Waals surface area contributed by atoms with Crippen LogP contribution in [0, 0.1) is 27.7 Å². The maximum atomic E-state index is 5.85. The Morgan fingerprint density at radius 1 is 0.466 bits per heavy atom. The van der Waals surface area contributed by atoms with Gasteiger partial charge in [-0.15, -0.1) is 57.9 Å². The van der Waals surface area contributed by atoms with Gasteiger partial charge in [-0.25, -0.2) is 0 Å². The van der Waals surface area contributed by atoms with Gasteiger partial charge in [-0.05, 0) is 95.8 Å². The van der Waals surface area contributed by atoms with E-state index in [-0.39, 0.29) is 5.43 Å². The minimum Gasteiger partial charge on any atom is -0.496 e. The first kappa shape index (κ1) is 40.1. The van der Waals surface area contributed by atoms with Crippen LogP contribution in [0.5, 0.6) is 0 Å². The second kappa shape index (κ2) is 17.3. The van der Waals surface area contributed by atoms with Crippen LogP contribution in [0.15, 0.2) is 167 Å². The van der Waals surface area contributed by atoms with Crippen molar-refractivity contribution in [3.05, 3.63) is 180 Å². The van der Waals surface area contributed by atoms with E-state index in [2.05, 4.69) is 160 Å². The van der Waals surface area contributed by atoms with Crippen molar-refractivity contribution < 1.29 is 26.8 Å². The van der Waals surface area contributed by atoms with Gasteiger partial charge in [0.15, 0.2) is 0 Å². The molecule has 0 unspecified atom stereocenters. The number of aryl methyl sites for hydroxylation is 4. The molecule has 0 atom stereocenters. The Kier molecular flexibility index (Phi) is 11.9. The van der Waals surface area contributed by atoms with Crippen LogP contribution >= 0.6 is 17.0 Å². The monoisotopic (exact) mass is 888 g/mol. The van der Waals surface area contributed by atoms with E-state index in [1.807, 2.05) is 38.1 Å². The van der Waals surface area contributed by atoms with Gasteiger partial charge in [0.25, 0.3) is 0 Å². The van der Waals surface area contributed by atoms with E-state index in [1.165, 1.54) is 76.5 Å². The molecule has 0 amide bonds. The van der Waals surface area contributed by atoms with Crippen LogP contribution in [-0.2, 0) is 18.0 Å². The number of furan rings is 2. The van der Waals surface area contributed by atoms with E-state index in [1.54, 1.807) is 0 Å². The maximum Gasteiger partial charge on any atom is 0.0896 e. The third-order valence-corrected chi connectivity index (χ3v) is 30.5. The topological polar surface area (TPSA) is 26.3 Å². The summed E-state index contributed by atoms with van der Waals surface area (Å²) in [4.78, 5) is 0. The van der Waals surface area contributed by atoms with Gasteiger partial charge in [-0.2, -0.15) is 0 Å². The number of hydrogen-bond donors (Lipinski definition) is 0.